The fraction of sp³-hybridized carbons (Fsp3) is 0.400. The third-order valence-corrected chi connectivity index (χ3v) is 3.24. The van der Waals surface area contributed by atoms with Gasteiger partial charge in [0.25, 0.3) is 0 Å². The molecule has 0 aromatic carbocycles. The number of rotatable bonds is 3. The number of carboxylic acids is 1. The van der Waals surface area contributed by atoms with Gasteiger partial charge >= 0.3 is 5.97 Å². The fourth-order valence-electron chi connectivity index (χ4n) is 1.60. The Hall–Kier alpha value is -0.940. The molecule has 4 nitrogen and oxygen atoms in total. The van der Waals surface area contributed by atoms with Crippen molar-refractivity contribution in [3.63, 3.8) is 0 Å². The lowest BCUT2D eigenvalue weighted by Gasteiger charge is -2.36. The van der Waals surface area contributed by atoms with Crippen molar-refractivity contribution in [1.29, 1.82) is 0 Å². The van der Waals surface area contributed by atoms with Gasteiger partial charge in [0.2, 0.25) is 0 Å². The van der Waals surface area contributed by atoms with Gasteiger partial charge in [0.1, 0.15) is 0 Å². The van der Waals surface area contributed by atoms with Crippen LogP contribution in [0.4, 0.5) is 0 Å². The summed E-state index contributed by atoms with van der Waals surface area (Å²) in [6.07, 6.45) is 1.74. The average molecular weight is 271 g/mol. The van der Waals surface area contributed by atoms with Crippen molar-refractivity contribution < 1.29 is 9.90 Å². The highest BCUT2D eigenvalue weighted by Crippen LogP contribution is 2.21. The van der Waals surface area contributed by atoms with E-state index in [9.17, 15) is 4.79 Å². The van der Waals surface area contributed by atoms with Gasteiger partial charge in [-0.15, -0.1) is 0 Å². The minimum Gasteiger partial charge on any atom is -0.481 e. The second-order valence-corrected chi connectivity index (χ2v) is 4.52. The molecule has 1 N–H and O–H groups in total. The quantitative estimate of drug-likeness (QED) is 0.901. The van der Waals surface area contributed by atoms with Crippen LogP contribution < -0.4 is 0 Å². The maximum absolute atomic E-state index is 10.6. The Morgan fingerprint density at radius 1 is 1.67 bits per heavy atom. The van der Waals surface area contributed by atoms with E-state index < -0.39 is 5.97 Å². The second kappa shape index (κ2) is 4.28. The minimum atomic E-state index is -0.702. The summed E-state index contributed by atoms with van der Waals surface area (Å²) in [6, 6.07) is 3.81. The number of hydrogen-bond acceptors (Lipinski definition) is 3. The van der Waals surface area contributed by atoms with Gasteiger partial charge in [-0.25, -0.2) is 0 Å². The molecule has 2 heterocycles. The Balaban J connectivity index is 1.90. The highest BCUT2D eigenvalue weighted by Gasteiger charge is 2.32. The van der Waals surface area contributed by atoms with Crippen LogP contribution in [-0.4, -0.2) is 34.0 Å². The number of nitrogens with zero attached hydrogens (tertiary/aromatic N) is 2. The molecule has 0 atom stereocenters. The van der Waals surface area contributed by atoms with Gasteiger partial charge < -0.3 is 5.11 Å². The highest BCUT2D eigenvalue weighted by atomic mass is 79.9. The molecule has 0 saturated carbocycles. The lowest BCUT2D eigenvalue weighted by molar-refractivity contribution is -0.147. The van der Waals surface area contributed by atoms with Gasteiger partial charge in [-0.1, -0.05) is 0 Å². The zero-order chi connectivity index (χ0) is 10.8. The van der Waals surface area contributed by atoms with Crippen molar-refractivity contribution in [2.24, 2.45) is 5.92 Å². The van der Waals surface area contributed by atoms with Crippen LogP contribution in [0.15, 0.2) is 22.8 Å². The largest absolute Gasteiger partial charge is 0.481 e. The first-order valence-corrected chi connectivity index (χ1v) is 5.50. The third kappa shape index (κ3) is 2.35. The van der Waals surface area contributed by atoms with Gasteiger partial charge in [0.05, 0.1) is 11.6 Å². The first kappa shape index (κ1) is 10.6. The van der Waals surface area contributed by atoms with Gasteiger partial charge in [-0.3, -0.25) is 14.7 Å². The molecule has 1 aliphatic rings. The summed E-state index contributed by atoms with van der Waals surface area (Å²) < 4.78 is 0.976. The zero-order valence-corrected chi connectivity index (χ0v) is 9.64. The summed E-state index contributed by atoms with van der Waals surface area (Å²) in [7, 11) is 0. The molecule has 1 aromatic heterocycles. The molecule has 0 radical (unpaired) electrons. The Bertz CT molecular complexity index is 377. The number of halogens is 1. The molecule has 5 heteroatoms. The van der Waals surface area contributed by atoms with E-state index in [1.165, 1.54) is 0 Å². The lowest BCUT2D eigenvalue weighted by Crippen LogP contribution is -2.49. The van der Waals surface area contributed by atoms with Gasteiger partial charge in [-0.05, 0) is 28.1 Å². The Kier molecular flexibility index (Phi) is 3.02. The Morgan fingerprint density at radius 3 is 3.00 bits per heavy atom. The SMILES string of the molecule is O=C(O)C1CN(Cc2ncccc2Br)C1. The summed E-state index contributed by atoms with van der Waals surface area (Å²) in [6.45, 7) is 1.96. The van der Waals surface area contributed by atoms with E-state index in [0.29, 0.717) is 19.6 Å². The van der Waals surface area contributed by atoms with E-state index in [1.807, 2.05) is 12.1 Å². The van der Waals surface area contributed by atoms with E-state index in [2.05, 4.69) is 25.8 Å². The molecule has 0 spiro atoms. The lowest BCUT2D eigenvalue weighted by atomic mass is 10.0. The number of hydrogen-bond donors (Lipinski definition) is 1. The molecular weight excluding hydrogens is 260 g/mol. The molecule has 0 aliphatic carbocycles. The smallest absolute Gasteiger partial charge is 0.309 e. The molecule has 1 saturated heterocycles. The van der Waals surface area contributed by atoms with E-state index in [1.54, 1.807) is 6.20 Å². The molecule has 1 fully saturated rings. The van der Waals surface area contributed by atoms with E-state index in [0.717, 1.165) is 10.2 Å². The van der Waals surface area contributed by atoms with Crippen LogP contribution in [0.25, 0.3) is 0 Å². The number of carbonyl (C=O) groups is 1. The summed E-state index contributed by atoms with van der Waals surface area (Å²) in [5.41, 5.74) is 0.960. The zero-order valence-electron chi connectivity index (χ0n) is 8.06. The maximum Gasteiger partial charge on any atom is 0.309 e. The van der Waals surface area contributed by atoms with E-state index in [-0.39, 0.29) is 5.92 Å². The molecule has 1 aromatic rings. The van der Waals surface area contributed by atoms with Crippen LogP contribution >= 0.6 is 15.9 Å². The van der Waals surface area contributed by atoms with Crippen LogP contribution in [-0.2, 0) is 11.3 Å². The van der Waals surface area contributed by atoms with E-state index in [4.69, 9.17) is 5.11 Å². The molecule has 2 rings (SSSR count). The summed E-state index contributed by atoms with van der Waals surface area (Å²) in [5.74, 6) is -0.904. The normalized spacial score (nSPS) is 17.4. The summed E-state index contributed by atoms with van der Waals surface area (Å²) >= 11 is 3.42. The molecule has 0 unspecified atom stereocenters. The first-order chi connectivity index (χ1) is 7.16. The average Bonchev–Trinajstić information content (AvgIpc) is 2.12. The monoisotopic (exact) mass is 270 g/mol. The van der Waals surface area contributed by atoms with Crippen LogP contribution in [0.2, 0.25) is 0 Å². The van der Waals surface area contributed by atoms with Crippen molar-refractivity contribution in [3.05, 3.63) is 28.5 Å². The van der Waals surface area contributed by atoms with Gasteiger partial charge in [0, 0.05) is 30.3 Å². The van der Waals surface area contributed by atoms with Crippen molar-refractivity contribution >= 4 is 21.9 Å². The van der Waals surface area contributed by atoms with Crippen molar-refractivity contribution in [2.45, 2.75) is 6.54 Å². The van der Waals surface area contributed by atoms with Crippen LogP contribution in [0.1, 0.15) is 5.69 Å². The predicted octanol–water partition coefficient (Wildman–Crippen LogP) is 1.36. The van der Waals surface area contributed by atoms with Crippen LogP contribution in [0.5, 0.6) is 0 Å². The first-order valence-electron chi connectivity index (χ1n) is 4.71. The van der Waals surface area contributed by atoms with Crippen molar-refractivity contribution in [2.75, 3.05) is 13.1 Å². The third-order valence-electron chi connectivity index (χ3n) is 2.51. The topological polar surface area (TPSA) is 53.4 Å². The van der Waals surface area contributed by atoms with Crippen LogP contribution in [0.3, 0.4) is 0 Å². The predicted molar refractivity (Wildman–Crippen MR) is 58.3 cm³/mol. The minimum absolute atomic E-state index is 0.201. The molecular formula is C10H11BrN2O2. The summed E-state index contributed by atoms with van der Waals surface area (Å²) in [4.78, 5) is 16.9. The molecule has 0 amide bonds. The standard InChI is InChI=1S/C10H11BrN2O2/c11-8-2-1-3-12-9(8)6-13-4-7(5-13)10(14)15/h1-3,7H,4-6H2,(H,14,15). The number of likely N-dealkylation sites (tertiary alicyclic amines) is 1. The van der Waals surface area contributed by atoms with Crippen LogP contribution in [0, 0.1) is 5.92 Å². The second-order valence-electron chi connectivity index (χ2n) is 3.66. The number of carboxylic acid groups (broad SMARTS) is 1. The van der Waals surface area contributed by atoms with Crippen molar-refractivity contribution in [1.82, 2.24) is 9.88 Å². The molecule has 0 bridgehead atoms. The van der Waals surface area contributed by atoms with E-state index >= 15 is 0 Å². The van der Waals surface area contributed by atoms with Gasteiger partial charge in [0.15, 0.2) is 0 Å². The fourth-order valence-corrected chi connectivity index (χ4v) is 1.98. The molecule has 1 aliphatic heterocycles. The molecule has 80 valence electrons. The Morgan fingerprint density at radius 2 is 2.40 bits per heavy atom. The summed E-state index contributed by atoms with van der Waals surface area (Å²) in [5, 5.41) is 8.72. The molecule has 15 heavy (non-hydrogen) atoms. The number of pyridine rings is 1. The highest BCUT2D eigenvalue weighted by molar-refractivity contribution is 9.10. The van der Waals surface area contributed by atoms with Crippen molar-refractivity contribution in [3.8, 4) is 0 Å². The maximum atomic E-state index is 10.6. The number of aromatic nitrogens is 1. The Labute approximate surface area is 96.1 Å². The number of aliphatic carboxylic acids is 1. The van der Waals surface area contributed by atoms with Gasteiger partial charge in [-0.2, -0.15) is 0 Å².